The molecule has 5 aromatic rings. The van der Waals surface area contributed by atoms with Gasteiger partial charge < -0.3 is 24.3 Å². The van der Waals surface area contributed by atoms with Gasteiger partial charge in [-0.15, -0.1) is 0 Å². The second kappa shape index (κ2) is 16.1. The van der Waals surface area contributed by atoms with Crippen molar-refractivity contribution in [1.29, 1.82) is 0 Å². The topological polar surface area (TPSA) is 163 Å². The molecule has 268 valence electrons. The number of aromatic carboxylic acids is 1. The summed E-state index contributed by atoms with van der Waals surface area (Å²) < 4.78 is 19.2. The SMILES string of the molecule is CCCC(CCO[Si](c1ccccc1)(c1ccccc1)C(C)(C)C)Nc1nc(NC(=O)OC)nc2cnn(Cc3cnc(C(=O)O)cc3OC)c12. The van der Waals surface area contributed by atoms with Gasteiger partial charge in [0.2, 0.25) is 5.95 Å². The molecule has 0 fully saturated rings. The first-order chi connectivity index (χ1) is 24.5. The van der Waals surface area contributed by atoms with E-state index in [0.717, 1.165) is 12.8 Å². The number of benzene rings is 2. The van der Waals surface area contributed by atoms with Crippen LogP contribution in [-0.2, 0) is 15.7 Å². The van der Waals surface area contributed by atoms with Gasteiger partial charge in [-0.1, -0.05) is 94.8 Å². The Balaban J connectivity index is 1.49. The van der Waals surface area contributed by atoms with Gasteiger partial charge in [-0.05, 0) is 28.3 Å². The van der Waals surface area contributed by atoms with E-state index in [9.17, 15) is 14.7 Å². The number of fused-ring (bicyclic) bond motifs is 1. The van der Waals surface area contributed by atoms with Gasteiger partial charge in [-0.25, -0.2) is 19.6 Å². The van der Waals surface area contributed by atoms with Crippen molar-refractivity contribution >= 4 is 53.6 Å². The summed E-state index contributed by atoms with van der Waals surface area (Å²) in [6.45, 7) is 9.59. The highest BCUT2D eigenvalue weighted by molar-refractivity contribution is 6.99. The summed E-state index contributed by atoms with van der Waals surface area (Å²) in [4.78, 5) is 37.0. The fraction of sp³-hybridized carbons (Fsp3) is 0.351. The van der Waals surface area contributed by atoms with E-state index in [1.165, 1.54) is 36.9 Å². The average Bonchev–Trinajstić information content (AvgIpc) is 3.52. The zero-order valence-corrected chi connectivity index (χ0v) is 30.8. The molecule has 0 saturated carbocycles. The van der Waals surface area contributed by atoms with E-state index in [0.29, 0.717) is 41.2 Å². The molecular formula is C37H45N7O6Si. The maximum atomic E-state index is 12.2. The Bertz CT molecular complexity index is 1910. The van der Waals surface area contributed by atoms with E-state index in [1.807, 2.05) is 12.1 Å². The number of nitrogens with one attached hydrogen (secondary N) is 2. The number of hydrogen-bond acceptors (Lipinski definition) is 10. The number of carboxylic acids is 1. The van der Waals surface area contributed by atoms with E-state index in [-0.39, 0.29) is 29.3 Å². The number of carbonyl (C=O) groups is 2. The number of pyridine rings is 1. The number of aromatic nitrogens is 5. The minimum absolute atomic E-state index is 0.0558. The van der Waals surface area contributed by atoms with Crippen LogP contribution >= 0.6 is 0 Å². The Kier molecular flexibility index (Phi) is 11.7. The number of carbonyl (C=O) groups excluding carboxylic acids is 1. The Morgan fingerprint density at radius 2 is 1.63 bits per heavy atom. The Morgan fingerprint density at radius 1 is 0.961 bits per heavy atom. The number of methoxy groups -OCH3 is 2. The minimum atomic E-state index is -2.75. The van der Waals surface area contributed by atoms with Crippen LogP contribution in [-0.4, -0.2) is 77.1 Å². The Labute approximate surface area is 298 Å². The monoisotopic (exact) mass is 711 g/mol. The highest BCUT2D eigenvalue weighted by atomic mass is 28.4. The lowest BCUT2D eigenvalue weighted by Gasteiger charge is -2.43. The van der Waals surface area contributed by atoms with Crippen molar-refractivity contribution in [2.45, 2.75) is 64.6 Å². The van der Waals surface area contributed by atoms with Crippen LogP contribution in [0.25, 0.3) is 11.0 Å². The van der Waals surface area contributed by atoms with E-state index >= 15 is 0 Å². The van der Waals surface area contributed by atoms with Crippen LogP contribution in [0, 0.1) is 0 Å². The van der Waals surface area contributed by atoms with Crippen LogP contribution < -0.4 is 25.7 Å². The Hall–Kier alpha value is -5.34. The minimum Gasteiger partial charge on any atom is -0.496 e. The van der Waals surface area contributed by atoms with Crippen molar-refractivity contribution in [2.24, 2.45) is 0 Å². The second-order valence-corrected chi connectivity index (χ2v) is 17.5. The van der Waals surface area contributed by atoms with Gasteiger partial charge in [0.1, 0.15) is 16.8 Å². The molecule has 3 heterocycles. The third kappa shape index (κ3) is 8.18. The molecule has 0 spiro atoms. The molecule has 1 amide bonds. The predicted octanol–water partition coefficient (Wildman–Crippen LogP) is 5.70. The molecule has 0 aliphatic carbocycles. The summed E-state index contributed by atoms with van der Waals surface area (Å²) >= 11 is 0. The largest absolute Gasteiger partial charge is 0.496 e. The zero-order chi connectivity index (χ0) is 36.6. The maximum Gasteiger partial charge on any atom is 0.413 e. The normalized spacial score (nSPS) is 12.4. The number of carboxylic acid groups (broad SMARTS) is 1. The number of ether oxygens (including phenoxy) is 2. The van der Waals surface area contributed by atoms with Crippen molar-refractivity contribution in [3.05, 3.63) is 90.4 Å². The van der Waals surface area contributed by atoms with Crippen molar-refractivity contribution in [1.82, 2.24) is 24.7 Å². The highest BCUT2D eigenvalue weighted by Crippen LogP contribution is 2.37. The molecule has 5 rings (SSSR count). The van der Waals surface area contributed by atoms with Crippen LogP contribution in [0.3, 0.4) is 0 Å². The van der Waals surface area contributed by atoms with Gasteiger partial charge in [0.25, 0.3) is 8.32 Å². The first-order valence-corrected chi connectivity index (χ1v) is 18.8. The molecule has 0 aliphatic rings. The zero-order valence-electron chi connectivity index (χ0n) is 29.8. The van der Waals surface area contributed by atoms with Crippen molar-refractivity contribution in [3.63, 3.8) is 0 Å². The van der Waals surface area contributed by atoms with Crippen LogP contribution in [0.2, 0.25) is 5.04 Å². The molecule has 14 heteroatoms. The van der Waals surface area contributed by atoms with Crippen LogP contribution in [0.4, 0.5) is 16.6 Å². The first kappa shape index (κ1) is 36.9. The van der Waals surface area contributed by atoms with Gasteiger partial charge in [0, 0.05) is 30.5 Å². The lowest BCUT2D eigenvalue weighted by atomic mass is 10.1. The molecule has 2 aromatic carbocycles. The summed E-state index contributed by atoms with van der Waals surface area (Å²) in [5.74, 6) is -0.284. The molecular weight excluding hydrogens is 667 g/mol. The highest BCUT2D eigenvalue weighted by Gasteiger charge is 2.50. The molecule has 0 saturated heterocycles. The number of rotatable bonds is 15. The summed E-state index contributed by atoms with van der Waals surface area (Å²) in [7, 11) is -0.0136. The molecule has 1 unspecified atom stereocenters. The smallest absolute Gasteiger partial charge is 0.413 e. The number of nitrogens with zero attached hydrogens (tertiary/aromatic N) is 5. The number of amides is 1. The quantitative estimate of drug-likeness (QED) is 0.114. The van der Waals surface area contributed by atoms with Gasteiger partial charge in [0.05, 0.1) is 27.0 Å². The van der Waals surface area contributed by atoms with Crippen molar-refractivity contribution in [3.8, 4) is 5.75 Å². The molecule has 0 radical (unpaired) electrons. The van der Waals surface area contributed by atoms with Gasteiger partial charge >= 0.3 is 12.1 Å². The van der Waals surface area contributed by atoms with E-state index < -0.39 is 20.4 Å². The lowest BCUT2D eigenvalue weighted by Crippen LogP contribution is -2.66. The summed E-state index contributed by atoms with van der Waals surface area (Å²) in [5, 5.41) is 22.5. The average molecular weight is 712 g/mol. The third-order valence-corrected chi connectivity index (χ3v) is 13.8. The van der Waals surface area contributed by atoms with Crippen LogP contribution in [0.1, 0.15) is 63.0 Å². The molecule has 3 aromatic heterocycles. The second-order valence-electron chi connectivity index (χ2n) is 13.2. The first-order valence-electron chi connectivity index (χ1n) is 16.9. The Morgan fingerprint density at radius 3 is 2.20 bits per heavy atom. The van der Waals surface area contributed by atoms with E-state index in [2.05, 4.69) is 102 Å². The van der Waals surface area contributed by atoms with Crippen LogP contribution in [0.15, 0.2) is 79.1 Å². The maximum absolute atomic E-state index is 12.2. The van der Waals surface area contributed by atoms with E-state index in [1.54, 1.807) is 10.9 Å². The number of anilines is 2. The predicted molar refractivity (Wildman–Crippen MR) is 199 cm³/mol. The van der Waals surface area contributed by atoms with Gasteiger partial charge in [0.15, 0.2) is 11.5 Å². The fourth-order valence-electron chi connectivity index (χ4n) is 6.42. The third-order valence-electron chi connectivity index (χ3n) is 8.77. The molecule has 1 atom stereocenters. The molecule has 13 nitrogen and oxygen atoms in total. The van der Waals surface area contributed by atoms with Gasteiger partial charge in [-0.3, -0.25) is 10.00 Å². The standard InChI is InChI=1S/C37H45N7O6Si/c1-7-14-26(19-20-50-51(37(2,3)4,27-15-10-8-11-16-27)28-17-12-9-13-18-28)40-33-32-30(41-35(42-33)43-36(47)49-6)23-39-44(32)24-25-22-38-29(34(45)46)21-31(25)48-5/h8-13,15-18,21-23,26H,7,14,19-20,24H2,1-6H3,(H,45,46)(H2,40,41,42,43,47). The summed E-state index contributed by atoms with van der Waals surface area (Å²) in [6, 6.07) is 22.4. The molecule has 3 N–H and O–H groups in total. The number of hydrogen-bond donors (Lipinski definition) is 3. The summed E-state index contributed by atoms with van der Waals surface area (Å²) in [6.07, 6.45) is 4.72. The molecule has 51 heavy (non-hydrogen) atoms. The van der Waals surface area contributed by atoms with E-state index in [4.69, 9.17) is 18.9 Å². The molecule has 0 bridgehead atoms. The molecule has 0 aliphatic heterocycles. The summed E-state index contributed by atoms with van der Waals surface area (Å²) in [5.41, 5.74) is 1.54. The van der Waals surface area contributed by atoms with Crippen molar-refractivity contribution < 1.29 is 28.6 Å². The van der Waals surface area contributed by atoms with Crippen molar-refractivity contribution in [2.75, 3.05) is 31.5 Å². The fourth-order valence-corrected chi connectivity index (χ4v) is 11.0. The van der Waals surface area contributed by atoms with Gasteiger partial charge in [-0.2, -0.15) is 10.1 Å². The van der Waals surface area contributed by atoms with Crippen LogP contribution in [0.5, 0.6) is 5.75 Å². The lowest BCUT2D eigenvalue weighted by molar-refractivity contribution is 0.0690.